The van der Waals surface area contributed by atoms with Crippen LogP contribution in [-0.4, -0.2) is 5.78 Å². The monoisotopic (exact) mass is 400 g/mol. The van der Waals surface area contributed by atoms with Crippen LogP contribution in [0.2, 0.25) is 10.0 Å². The fourth-order valence-electron chi connectivity index (χ4n) is 2.57. The summed E-state index contributed by atoms with van der Waals surface area (Å²) in [7, 11) is 0. The Morgan fingerprint density at radius 1 is 0.846 bits per heavy atom. The SMILES string of the molecule is Cc1ccc(SCc2cc(Cl)c(Cl)cc2C(=O)c2ccc(C)cc2)cc1. The highest BCUT2D eigenvalue weighted by Crippen LogP contribution is 2.32. The van der Waals surface area contributed by atoms with Gasteiger partial charge in [-0.15, -0.1) is 11.8 Å². The quantitative estimate of drug-likeness (QED) is 0.334. The first kappa shape index (κ1) is 19.0. The van der Waals surface area contributed by atoms with Crippen molar-refractivity contribution in [3.05, 3.63) is 98.5 Å². The molecule has 3 aromatic carbocycles. The number of hydrogen-bond acceptors (Lipinski definition) is 2. The fraction of sp³-hybridized carbons (Fsp3) is 0.136. The normalized spacial score (nSPS) is 10.8. The van der Waals surface area contributed by atoms with Crippen LogP contribution >= 0.6 is 35.0 Å². The number of aryl methyl sites for hydroxylation is 2. The van der Waals surface area contributed by atoms with Crippen molar-refractivity contribution < 1.29 is 4.79 Å². The molecule has 0 atom stereocenters. The van der Waals surface area contributed by atoms with Crippen LogP contribution in [0.25, 0.3) is 0 Å². The number of rotatable bonds is 5. The number of benzene rings is 3. The van der Waals surface area contributed by atoms with Crippen LogP contribution in [0.1, 0.15) is 32.6 Å². The summed E-state index contributed by atoms with van der Waals surface area (Å²) in [6.45, 7) is 4.06. The van der Waals surface area contributed by atoms with E-state index in [1.54, 1.807) is 23.9 Å². The number of carbonyl (C=O) groups excluding carboxylic acids is 1. The van der Waals surface area contributed by atoms with Crippen LogP contribution in [-0.2, 0) is 5.75 Å². The van der Waals surface area contributed by atoms with Crippen molar-refractivity contribution in [2.75, 3.05) is 0 Å². The van der Waals surface area contributed by atoms with Crippen LogP contribution in [0.15, 0.2) is 65.6 Å². The number of ketones is 1. The lowest BCUT2D eigenvalue weighted by molar-refractivity contribution is 0.103. The maximum Gasteiger partial charge on any atom is 0.193 e. The molecule has 132 valence electrons. The largest absolute Gasteiger partial charge is 0.289 e. The Kier molecular flexibility index (Phi) is 6.08. The molecule has 0 amide bonds. The van der Waals surface area contributed by atoms with Crippen molar-refractivity contribution in [2.45, 2.75) is 24.5 Å². The summed E-state index contributed by atoms with van der Waals surface area (Å²) in [4.78, 5) is 14.1. The van der Waals surface area contributed by atoms with E-state index in [2.05, 4.69) is 31.2 Å². The van der Waals surface area contributed by atoms with Crippen molar-refractivity contribution in [3.8, 4) is 0 Å². The molecule has 0 heterocycles. The number of hydrogen-bond donors (Lipinski definition) is 0. The molecule has 0 aliphatic heterocycles. The molecule has 0 unspecified atom stereocenters. The van der Waals surface area contributed by atoms with Gasteiger partial charge in [0, 0.05) is 21.8 Å². The third-order valence-corrected chi connectivity index (χ3v) is 5.90. The fourth-order valence-corrected chi connectivity index (χ4v) is 3.81. The molecule has 3 rings (SSSR count). The zero-order valence-electron chi connectivity index (χ0n) is 14.6. The van der Waals surface area contributed by atoms with Gasteiger partial charge >= 0.3 is 0 Å². The molecule has 0 saturated carbocycles. The maximum absolute atomic E-state index is 13.0. The Morgan fingerprint density at radius 2 is 1.38 bits per heavy atom. The Morgan fingerprint density at radius 3 is 2.00 bits per heavy atom. The van der Waals surface area contributed by atoms with E-state index in [4.69, 9.17) is 23.2 Å². The van der Waals surface area contributed by atoms with Crippen LogP contribution < -0.4 is 0 Å². The number of carbonyl (C=O) groups is 1. The van der Waals surface area contributed by atoms with Crippen molar-refractivity contribution >= 4 is 40.7 Å². The van der Waals surface area contributed by atoms with E-state index in [0.717, 1.165) is 16.0 Å². The first-order valence-electron chi connectivity index (χ1n) is 8.23. The molecule has 0 saturated heterocycles. The van der Waals surface area contributed by atoms with E-state index >= 15 is 0 Å². The van der Waals surface area contributed by atoms with Crippen molar-refractivity contribution in [1.29, 1.82) is 0 Å². The highest BCUT2D eigenvalue weighted by molar-refractivity contribution is 7.98. The summed E-state index contributed by atoms with van der Waals surface area (Å²) in [6, 6.07) is 19.4. The van der Waals surface area contributed by atoms with E-state index in [-0.39, 0.29) is 5.78 Å². The predicted octanol–water partition coefficient (Wildman–Crippen LogP) is 7.13. The molecule has 3 aromatic rings. The van der Waals surface area contributed by atoms with Gasteiger partial charge in [-0.1, -0.05) is 70.7 Å². The van der Waals surface area contributed by atoms with Crippen molar-refractivity contribution in [3.63, 3.8) is 0 Å². The molecule has 0 N–H and O–H groups in total. The second kappa shape index (κ2) is 8.30. The molecule has 0 spiro atoms. The molecule has 0 fully saturated rings. The van der Waals surface area contributed by atoms with Gasteiger partial charge in [0.1, 0.15) is 0 Å². The summed E-state index contributed by atoms with van der Waals surface area (Å²) in [5.41, 5.74) is 4.47. The van der Waals surface area contributed by atoms with Gasteiger partial charge in [0.05, 0.1) is 10.0 Å². The first-order chi connectivity index (χ1) is 12.4. The molecule has 4 heteroatoms. The zero-order valence-corrected chi connectivity index (χ0v) is 16.9. The predicted molar refractivity (Wildman–Crippen MR) is 112 cm³/mol. The van der Waals surface area contributed by atoms with Crippen molar-refractivity contribution in [1.82, 2.24) is 0 Å². The van der Waals surface area contributed by atoms with Crippen LogP contribution in [0.3, 0.4) is 0 Å². The minimum atomic E-state index is -0.0388. The number of halogens is 2. The third kappa shape index (κ3) is 4.50. The lowest BCUT2D eigenvalue weighted by atomic mass is 9.98. The van der Waals surface area contributed by atoms with Gasteiger partial charge in [-0.2, -0.15) is 0 Å². The van der Waals surface area contributed by atoms with Crippen LogP contribution in [0, 0.1) is 13.8 Å². The summed E-state index contributed by atoms with van der Waals surface area (Å²) in [6.07, 6.45) is 0. The molecular formula is C22H18Cl2OS. The Labute approximate surface area is 168 Å². The van der Waals surface area contributed by atoms with Gasteiger partial charge in [0.15, 0.2) is 5.78 Å². The molecule has 0 radical (unpaired) electrons. The van der Waals surface area contributed by atoms with Crippen LogP contribution in [0.5, 0.6) is 0 Å². The molecule has 0 bridgehead atoms. The highest BCUT2D eigenvalue weighted by Gasteiger charge is 2.16. The minimum absolute atomic E-state index is 0.0388. The van der Waals surface area contributed by atoms with Gasteiger partial charge in [-0.05, 0) is 43.7 Å². The Bertz CT molecular complexity index is 932. The van der Waals surface area contributed by atoms with E-state index in [0.29, 0.717) is 26.9 Å². The van der Waals surface area contributed by atoms with Gasteiger partial charge < -0.3 is 0 Å². The van der Waals surface area contributed by atoms with Gasteiger partial charge in [-0.25, -0.2) is 0 Å². The zero-order chi connectivity index (χ0) is 18.7. The highest BCUT2D eigenvalue weighted by atomic mass is 35.5. The minimum Gasteiger partial charge on any atom is -0.289 e. The molecule has 0 aromatic heterocycles. The Hall–Kier alpha value is -1.74. The second-order valence-electron chi connectivity index (χ2n) is 6.22. The van der Waals surface area contributed by atoms with Crippen LogP contribution in [0.4, 0.5) is 0 Å². The summed E-state index contributed by atoms with van der Waals surface area (Å²) < 4.78 is 0. The average molecular weight is 401 g/mol. The van der Waals surface area contributed by atoms with E-state index < -0.39 is 0 Å². The standard InChI is InChI=1S/C22H18Cl2OS/c1-14-3-7-16(8-4-14)22(25)19-12-21(24)20(23)11-17(19)13-26-18-9-5-15(2)6-10-18/h3-12H,13H2,1-2H3. The van der Waals surface area contributed by atoms with Gasteiger partial charge in [0.25, 0.3) is 0 Å². The lowest BCUT2D eigenvalue weighted by Crippen LogP contribution is -2.05. The average Bonchev–Trinajstić information content (AvgIpc) is 2.63. The topological polar surface area (TPSA) is 17.1 Å². The molecule has 1 nitrogen and oxygen atoms in total. The molecule has 26 heavy (non-hydrogen) atoms. The van der Waals surface area contributed by atoms with E-state index in [1.165, 1.54) is 5.56 Å². The molecule has 0 aliphatic rings. The third-order valence-electron chi connectivity index (χ3n) is 4.12. The van der Waals surface area contributed by atoms with Gasteiger partial charge in [-0.3, -0.25) is 4.79 Å². The summed E-state index contributed by atoms with van der Waals surface area (Å²) in [5.74, 6) is 0.607. The second-order valence-corrected chi connectivity index (χ2v) is 8.08. The van der Waals surface area contributed by atoms with E-state index in [9.17, 15) is 4.79 Å². The summed E-state index contributed by atoms with van der Waals surface area (Å²) in [5, 5.41) is 0.859. The Balaban J connectivity index is 1.91. The van der Waals surface area contributed by atoms with Crippen molar-refractivity contribution in [2.24, 2.45) is 0 Å². The molecule has 0 aliphatic carbocycles. The van der Waals surface area contributed by atoms with Gasteiger partial charge in [0.2, 0.25) is 0 Å². The maximum atomic E-state index is 13.0. The smallest absolute Gasteiger partial charge is 0.193 e. The van der Waals surface area contributed by atoms with E-state index in [1.807, 2.05) is 31.2 Å². The first-order valence-corrected chi connectivity index (χ1v) is 9.97. The molecular weight excluding hydrogens is 383 g/mol. The lowest BCUT2D eigenvalue weighted by Gasteiger charge is -2.11. The summed E-state index contributed by atoms with van der Waals surface area (Å²) >= 11 is 14.1. The number of thioether (sulfide) groups is 1.